The number of piperidine rings is 1. The molecule has 2 rings (SSSR count). The highest BCUT2D eigenvalue weighted by molar-refractivity contribution is 5.46. The van der Waals surface area contributed by atoms with Crippen molar-refractivity contribution < 1.29 is 4.92 Å². The minimum absolute atomic E-state index is 0.0744. The molecule has 1 aromatic rings. The lowest BCUT2D eigenvalue weighted by Gasteiger charge is -2.31. The quantitative estimate of drug-likeness (QED) is 0.661. The number of nitrogens with one attached hydrogen (secondary N) is 1. The number of aryl methyl sites for hydroxylation is 1. The summed E-state index contributed by atoms with van der Waals surface area (Å²) in [6.45, 7) is 8.23. The number of anilines is 1. The Labute approximate surface area is 119 Å². The lowest BCUT2D eigenvalue weighted by molar-refractivity contribution is -0.385. The van der Waals surface area contributed by atoms with E-state index in [0.717, 1.165) is 25.5 Å². The van der Waals surface area contributed by atoms with Gasteiger partial charge >= 0.3 is 0 Å². The van der Waals surface area contributed by atoms with Gasteiger partial charge in [0.2, 0.25) is 0 Å². The van der Waals surface area contributed by atoms with Crippen LogP contribution in [0, 0.1) is 23.0 Å². The van der Waals surface area contributed by atoms with Crippen LogP contribution in [-0.2, 0) is 0 Å². The van der Waals surface area contributed by atoms with E-state index in [-0.39, 0.29) is 5.69 Å². The van der Waals surface area contributed by atoms with Crippen molar-refractivity contribution in [1.82, 2.24) is 9.88 Å². The third kappa shape index (κ3) is 3.66. The Bertz CT molecular complexity index is 478. The molecule has 0 radical (unpaired) electrons. The maximum Gasteiger partial charge on any atom is 0.290 e. The number of nitro groups is 1. The highest BCUT2D eigenvalue weighted by atomic mass is 16.6. The van der Waals surface area contributed by atoms with Crippen molar-refractivity contribution >= 4 is 11.5 Å². The zero-order valence-corrected chi connectivity index (χ0v) is 12.1. The van der Waals surface area contributed by atoms with Gasteiger partial charge in [0.05, 0.1) is 4.92 Å². The number of rotatable bonds is 5. The van der Waals surface area contributed by atoms with Gasteiger partial charge in [-0.1, -0.05) is 6.92 Å². The molecule has 6 heteroatoms. The molecule has 0 aromatic carbocycles. The first-order valence-corrected chi connectivity index (χ1v) is 7.17. The monoisotopic (exact) mass is 278 g/mol. The molecule has 1 saturated heterocycles. The van der Waals surface area contributed by atoms with E-state index in [1.54, 1.807) is 13.0 Å². The first-order valence-electron chi connectivity index (χ1n) is 7.17. The van der Waals surface area contributed by atoms with Gasteiger partial charge in [0.1, 0.15) is 12.0 Å². The van der Waals surface area contributed by atoms with Gasteiger partial charge in [-0.15, -0.1) is 0 Å². The van der Waals surface area contributed by atoms with Gasteiger partial charge in [-0.3, -0.25) is 10.1 Å². The normalized spacial score (nSPS) is 19.8. The number of pyridine rings is 1. The number of aromatic nitrogens is 1. The van der Waals surface area contributed by atoms with Crippen molar-refractivity contribution in [2.45, 2.75) is 26.7 Å². The zero-order valence-electron chi connectivity index (χ0n) is 12.1. The van der Waals surface area contributed by atoms with Crippen LogP contribution < -0.4 is 5.32 Å². The molecule has 6 nitrogen and oxygen atoms in total. The topological polar surface area (TPSA) is 71.3 Å². The molecule has 2 heterocycles. The van der Waals surface area contributed by atoms with Crippen LogP contribution in [-0.4, -0.2) is 41.0 Å². The first-order chi connectivity index (χ1) is 9.60. The molecular weight excluding hydrogens is 256 g/mol. The molecule has 1 aromatic heterocycles. The van der Waals surface area contributed by atoms with Crippen molar-refractivity contribution in [2.75, 3.05) is 31.5 Å². The largest absolute Gasteiger partial charge is 0.370 e. The van der Waals surface area contributed by atoms with Gasteiger partial charge in [-0.2, -0.15) is 0 Å². The zero-order chi connectivity index (χ0) is 14.5. The number of hydrogen-bond acceptors (Lipinski definition) is 5. The summed E-state index contributed by atoms with van der Waals surface area (Å²) in [4.78, 5) is 16.9. The van der Waals surface area contributed by atoms with Gasteiger partial charge in [0.15, 0.2) is 0 Å². The van der Waals surface area contributed by atoms with Gasteiger partial charge < -0.3 is 10.2 Å². The van der Waals surface area contributed by atoms with E-state index >= 15 is 0 Å². The smallest absolute Gasteiger partial charge is 0.290 e. The third-order valence-corrected chi connectivity index (χ3v) is 3.90. The van der Waals surface area contributed by atoms with E-state index in [4.69, 9.17) is 0 Å². The second-order valence-electron chi connectivity index (χ2n) is 5.40. The average molecular weight is 278 g/mol. The molecule has 1 aliphatic heterocycles. The summed E-state index contributed by atoms with van der Waals surface area (Å²) in [5.74, 6) is 1.35. The fourth-order valence-electron chi connectivity index (χ4n) is 2.69. The molecule has 0 bridgehead atoms. The average Bonchev–Trinajstić information content (AvgIpc) is 2.45. The molecule has 20 heavy (non-hydrogen) atoms. The Morgan fingerprint density at radius 1 is 1.60 bits per heavy atom. The second-order valence-corrected chi connectivity index (χ2v) is 5.40. The van der Waals surface area contributed by atoms with Gasteiger partial charge in [0.25, 0.3) is 5.69 Å². The van der Waals surface area contributed by atoms with E-state index in [9.17, 15) is 10.1 Å². The summed E-state index contributed by atoms with van der Waals surface area (Å²) < 4.78 is 0. The number of hydrogen-bond donors (Lipinski definition) is 1. The second kappa shape index (κ2) is 6.65. The van der Waals surface area contributed by atoms with Crippen LogP contribution in [0.4, 0.5) is 11.5 Å². The molecule has 0 aliphatic carbocycles. The predicted octanol–water partition coefficient (Wildman–Crippen LogP) is 2.44. The summed E-state index contributed by atoms with van der Waals surface area (Å²) in [5, 5.41) is 14.1. The van der Waals surface area contributed by atoms with E-state index in [1.165, 1.54) is 25.6 Å². The fourth-order valence-corrected chi connectivity index (χ4v) is 2.69. The summed E-state index contributed by atoms with van der Waals surface area (Å²) in [6, 6.07) is 1.75. The van der Waals surface area contributed by atoms with Crippen molar-refractivity contribution in [1.29, 1.82) is 0 Å². The molecule has 1 fully saturated rings. The summed E-state index contributed by atoms with van der Waals surface area (Å²) in [6.07, 6.45) is 3.80. The third-order valence-electron chi connectivity index (χ3n) is 3.90. The SMILES string of the molecule is CCN1CCCC(CNc2cc(C)c([N+](=O)[O-])cn2)C1. The van der Waals surface area contributed by atoms with Crippen molar-refractivity contribution in [2.24, 2.45) is 5.92 Å². The van der Waals surface area contributed by atoms with Crippen LogP contribution in [0.5, 0.6) is 0 Å². The number of likely N-dealkylation sites (tertiary alicyclic amines) is 1. The van der Waals surface area contributed by atoms with Crippen LogP contribution in [0.2, 0.25) is 0 Å². The van der Waals surface area contributed by atoms with Crippen LogP contribution in [0.15, 0.2) is 12.3 Å². The van der Waals surface area contributed by atoms with E-state index in [1.807, 2.05) is 0 Å². The molecule has 0 amide bonds. The summed E-state index contributed by atoms with van der Waals surface area (Å²) >= 11 is 0. The Morgan fingerprint density at radius 3 is 3.05 bits per heavy atom. The first kappa shape index (κ1) is 14.7. The lowest BCUT2D eigenvalue weighted by atomic mass is 9.98. The van der Waals surface area contributed by atoms with Gasteiger partial charge in [0, 0.05) is 18.7 Å². The van der Waals surface area contributed by atoms with E-state index in [0.29, 0.717) is 11.5 Å². The van der Waals surface area contributed by atoms with Crippen LogP contribution >= 0.6 is 0 Å². The minimum atomic E-state index is -0.396. The van der Waals surface area contributed by atoms with E-state index < -0.39 is 4.92 Å². The highest BCUT2D eigenvalue weighted by Crippen LogP contribution is 2.20. The van der Waals surface area contributed by atoms with Crippen molar-refractivity contribution in [3.63, 3.8) is 0 Å². The van der Waals surface area contributed by atoms with Gasteiger partial charge in [-0.05, 0) is 44.8 Å². The Hall–Kier alpha value is -1.69. The van der Waals surface area contributed by atoms with Gasteiger partial charge in [-0.25, -0.2) is 4.98 Å². The molecule has 1 atom stereocenters. The van der Waals surface area contributed by atoms with Crippen LogP contribution in [0.1, 0.15) is 25.3 Å². The standard InChI is InChI=1S/C14H22N4O2/c1-3-17-6-4-5-12(10-17)8-15-14-7-11(2)13(9-16-14)18(19)20/h7,9,12H,3-6,8,10H2,1-2H3,(H,15,16). The molecule has 1 unspecified atom stereocenters. The van der Waals surface area contributed by atoms with Crippen molar-refractivity contribution in [3.8, 4) is 0 Å². The summed E-state index contributed by atoms with van der Waals surface area (Å²) in [7, 11) is 0. The lowest BCUT2D eigenvalue weighted by Crippen LogP contribution is -2.37. The highest BCUT2D eigenvalue weighted by Gasteiger charge is 2.19. The van der Waals surface area contributed by atoms with Crippen LogP contribution in [0.3, 0.4) is 0 Å². The molecule has 1 N–H and O–H groups in total. The Morgan fingerprint density at radius 2 is 2.40 bits per heavy atom. The van der Waals surface area contributed by atoms with Crippen LogP contribution in [0.25, 0.3) is 0 Å². The fraction of sp³-hybridized carbons (Fsp3) is 0.643. The predicted molar refractivity (Wildman–Crippen MR) is 79.0 cm³/mol. The maximum absolute atomic E-state index is 10.7. The molecule has 0 spiro atoms. The molecule has 1 aliphatic rings. The van der Waals surface area contributed by atoms with Crippen molar-refractivity contribution in [3.05, 3.63) is 27.9 Å². The Balaban J connectivity index is 1.91. The Kier molecular flexibility index (Phi) is 4.89. The molecular formula is C14H22N4O2. The van der Waals surface area contributed by atoms with E-state index in [2.05, 4.69) is 22.1 Å². The number of nitrogens with zero attached hydrogens (tertiary/aromatic N) is 3. The summed E-state index contributed by atoms with van der Waals surface area (Å²) in [5.41, 5.74) is 0.719. The molecule has 110 valence electrons. The minimum Gasteiger partial charge on any atom is -0.370 e. The molecule has 0 saturated carbocycles. The maximum atomic E-state index is 10.7.